The van der Waals surface area contributed by atoms with Crippen molar-refractivity contribution in [1.29, 1.82) is 0 Å². The Morgan fingerprint density at radius 2 is 0.962 bits per heavy atom. The highest BCUT2D eigenvalue weighted by Crippen LogP contribution is 2.52. The molecular formula is C48H33N5. The van der Waals surface area contributed by atoms with E-state index in [9.17, 15) is 0 Å². The van der Waals surface area contributed by atoms with E-state index in [1.807, 2.05) is 18.2 Å². The van der Waals surface area contributed by atoms with E-state index in [2.05, 4.69) is 169 Å². The van der Waals surface area contributed by atoms with E-state index in [4.69, 9.17) is 15.0 Å². The number of benzene rings is 7. The highest BCUT2D eigenvalue weighted by molar-refractivity contribution is 6.23. The lowest BCUT2D eigenvalue weighted by atomic mass is 9.80. The third kappa shape index (κ3) is 4.22. The van der Waals surface area contributed by atoms with Gasteiger partial charge in [-0.1, -0.05) is 153 Å². The van der Waals surface area contributed by atoms with E-state index in [-0.39, 0.29) is 5.41 Å². The van der Waals surface area contributed by atoms with E-state index in [0.717, 1.165) is 49.7 Å². The van der Waals surface area contributed by atoms with Crippen LogP contribution in [0.15, 0.2) is 164 Å². The number of aromatic nitrogens is 5. The largest absolute Gasteiger partial charge is 0.307 e. The first-order valence-corrected chi connectivity index (χ1v) is 18.1. The summed E-state index contributed by atoms with van der Waals surface area (Å²) in [5.41, 5.74) is 12.3. The fraction of sp³-hybridized carbons (Fsp3) is 0.0625. The average Bonchev–Trinajstić information content (AvgIpc) is 3.82. The topological polar surface area (TPSA) is 48.5 Å². The first kappa shape index (κ1) is 29.8. The van der Waals surface area contributed by atoms with Gasteiger partial charge in [-0.25, -0.2) is 4.98 Å². The van der Waals surface area contributed by atoms with Crippen molar-refractivity contribution in [3.05, 3.63) is 175 Å². The van der Waals surface area contributed by atoms with Gasteiger partial charge in [0.05, 0.1) is 22.1 Å². The standard InChI is InChI=1S/C48H33N5/c1-48(2)39-25-12-9-20-32(39)35-23-15-24-38(42(35)48)46-49-45(30-16-5-3-6-17-30)50-47(51-46)53-41-27-14-11-22-34(41)37-29-28-36-33-21-10-13-26-40(33)52(43(36)44(37)53)31-18-7-4-8-19-31/h3-29H,1-2H3. The Morgan fingerprint density at radius 1 is 0.415 bits per heavy atom. The van der Waals surface area contributed by atoms with Crippen molar-refractivity contribution in [3.63, 3.8) is 0 Å². The molecule has 10 aromatic rings. The van der Waals surface area contributed by atoms with Crippen LogP contribution in [-0.2, 0) is 5.41 Å². The van der Waals surface area contributed by atoms with Crippen LogP contribution in [0.4, 0.5) is 0 Å². The van der Waals surface area contributed by atoms with Gasteiger partial charge in [-0.05, 0) is 46.5 Å². The minimum atomic E-state index is -0.238. The Kier molecular flexibility index (Phi) is 6.23. The van der Waals surface area contributed by atoms with E-state index >= 15 is 0 Å². The lowest BCUT2D eigenvalue weighted by molar-refractivity contribution is 0.661. The average molecular weight is 680 g/mol. The molecule has 3 heterocycles. The first-order valence-electron chi connectivity index (χ1n) is 18.1. The molecule has 0 amide bonds. The van der Waals surface area contributed by atoms with Gasteiger partial charge in [0.15, 0.2) is 11.6 Å². The van der Waals surface area contributed by atoms with Crippen LogP contribution >= 0.6 is 0 Å². The first-order chi connectivity index (χ1) is 26.1. The van der Waals surface area contributed by atoms with E-state index in [0.29, 0.717) is 17.6 Å². The molecule has 7 aromatic carbocycles. The second-order valence-electron chi connectivity index (χ2n) is 14.4. The third-order valence-corrected chi connectivity index (χ3v) is 11.2. The normalized spacial score (nSPS) is 13.2. The molecule has 0 unspecified atom stereocenters. The zero-order valence-corrected chi connectivity index (χ0v) is 29.3. The molecule has 1 aliphatic carbocycles. The number of para-hydroxylation sites is 3. The van der Waals surface area contributed by atoms with Crippen molar-refractivity contribution < 1.29 is 0 Å². The molecular weight excluding hydrogens is 647 g/mol. The monoisotopic (exact) mass is 679 g/mol. The Morgan fingerprint density at radius 3 is 1.70 bits per heavy atom. The Bertz CT molecular complexity index is 3080. The molecule has 1 aliphatic rings. The van der Waals surface area contributed by atoms with Gasteiger partial charge in [0.2, 0.25) is 5.95 Å². The highest BCUT2D eigenvalue weighted by Gasteiger charge is 2.38. The number of nitrogens with zero attached hydrogens (tertiary/aromatic N) is 5. The summed E-state index contributed by atoms with van der Waals surface area (Å²) in [5, 5.41) is 4.68. The van der Waals surface area contributed by atoms with Gasteiger partial charge in [-0.3, -0.25) is 4.57 Å². The van der Waals surface area contributed by atoms with Crippen LogP contribution in [0, 0.1) is 0 Å². The predicted octanol–water partition coefficient (Wildman–Crippen LogP) is 11.7. The molecule has 0 saturated heterocycles. The van der Waals surface area contributed by atoms with Crippen molar-refractivity contribution in [2.24, 2.45) is 0 Å². The summed E-state index contributed by atoms with van der Waals surface area (Å²) in [5.74, 6) is 1.88. The molecule has 0 radical (unpaired) electrons. The minimum absolute atomic E-state index is 0.238. The van der Waals surface area contributed by atoms with E-state index in [1.165, 1.54) is 33.0 Å². The summed E-state index contributed by atoms with van der Waals surface area (Å²) in [6.45, 7) is 4.63. The van der Waals surface area contributed by atoms with Crippen LogP contribution in [0.1, 0.15) is 25.0 Å². The van der Waals surface area contributed by atoms with Gasteiger partial charge < -0.3 is 4.57 Å². The highest BCUT2D eigenvalue weighted by atomic mass is 15.2. The van der Waals surface area contributed by atoms with Crippen molar-refractivity contribution >= 4 is 43.6 Å². The van der Waals surface area contributed by atoms with E-state index in [1.54, 1.807) is 0 Å². The fourth-order valence-electron chi connectivity index (χ4n) is 8.89. The van der Waals surface area contributed by atoms with Crippen molar-refractivity contribution in [3.8, 4) is 45.5 Å². The third-order valence-electron chi connectivity index (χ3n) is 11.2. The minimum Gasteiger partial charge on any atom is -0.307 e. The van der Waals surface area contributed by atoms with Crippen LogP contribution in [0.5, 0.6) is 0 Å². The van der Waals surface area contributed by atoms with Gasteiger partial charge >= 0.3 is 0 Å². The zero-order chi connectivity index (χ0) is 35.3. The molecule has 5 nitrogen and oxygen atoms in total. The molecule has 0 saturated carbocycles. The van der Waals surface area contributed by atoms with Gasteiger partial charge in [0, 0.05) is 43.8 Å². The lowest BCUT2D eigenvalue weighted by Crippen LogP contribution is -2.17. The molecule has 0 spiro atoms. The lowest BCUT2D eigenvalue weighted by Gasteiger charge is -2.24. The Hall–Kier alpha value is -6.85. The molecule has 0 atom stereocenters. The summed E-state index contributed by atoms with van der Waals surface area (Å²) in [6.07, 6.45) is 0. The molecule has 53 heavy (non-hydrogen) atoms. The zero-order valence-electron chi connectivity index (χ0n) is 29.3. The Balaban J connectivity index is 1.29. The fourth-order valence-corrected chi connectivity index (χ4v) is 8.89. The summed E-state index contributed by atoms with van der Waals surface area (Å²) in [6, 6.07) is 58.1. The van der Waals surface area contributed by atoms with Gasteiger partial charge in [-0.2, -0.15) is 9.97 Å². The molecule has 3 aromatic heterocycles. The summed E-state index contributed by atoms with van der Waals surface area (Å²) >= 11 is 0. The maximum atomic E-state index is 5.47. The van der Waals surface area contributed by atoms with Crippen LogP contribution in [0.2, 0.25) is 0 Å². The molecule has 250 valence electrons. The molecule has 0 fully saturated rings. The van der Waals surface area contributed by atoms with Crippen molar-refractivity contribution in [2.75, 3.05) is 0 Å². The van der Waals surface area contributed by atoms with Gasteiger partial charge in [-0.15, -0.1) is 0 Å². The summed E-state index contributed by atoms with van der Waals surface area (Å²) in [7, 11) is 0. The second-order valence-corrected chi connectivity index (χ2v) is 14.4. The smallest absolute Gasteiger partial charge is 0.238 e. The SMILES string of the molecule is CC1(C)c2ccccc2-c2cccc(-c3nc(-c4ccccc4)nc(-n4c5ccccc5c5ccc6c7ccccc7n(-c7ccccc7)c6c54)n3)c21. The number of fused-ring (bicyclic) bond motifs is 10. The van der Waals surface area contributed by atoms with Gasteiger partial charge in [0.1, 0.15) is 0 Å². The molecule has 0 aliphatic heterocycles. The Labute approximate surface area is 306 Å². The number of hydrogen-bond donors (Lipinski definition) is 0. The number of rotatable bonds is 4. The van der Waals surface area contributed by atoms with Crippen LogP contribution in [-0.4, -0.2) is 24.1 Å². The maximum Gasteiger partial charge on any atom is 0.238 e. The molecule has 11 rings (SSSR count). The maximum absolute atomic E-state index is 5.47. The van der Waals surface area contributed by atoms with Crippen molar-refractivity contribution in [2.45, 2.75) is 19.3 Å². The van der Waals surface area contributed by atoms with E-state index < -0.39 is 0 Å². The molecule has 0 bridgehead atoms. The van der Waals surface area contributed by atoms with Crippen LogP contribution in [0.3, 0.4) is 0 Å². The second kappa shape index (κ2) is 11.1. The van der Waals surface area contributed by atoms with Crippen molar-refractivity contribution in [1.82, 2.24) is 24.1 Å². The summed E-state index contributed by atoms with van der Waals surface area (Å²) < 4.78 is 4.67. The van der Waals surface area contributed by atoms with Crippen LogP contribution < -0.4 is 0 Å². The summed E-state index contributed by atoms with van der Waals surface area (Å²) in [4.78, 5) is 16.1. The van der Waals surface area contributed by atoms with Gasteiger partial charge in [0.25, 0.3) is 0 Å². The molecule has 0 N–H and O–H groups in total. The number of hydrogen-bond acceptors (Lipinski definition) is 3. The van der Waals surface area contributed by atoms with Crippen LogP contribution in [0.25, 0.3) is 89.2 Å². The molecule has 5 heteroatoms. The predicted molar refractivity (Wildman–Crippen MR) is 217 cm³/mol. The quantitative estimate of drug-likeness (QED) is 0.186.